The van der Waals surface area contributed by atoms with E-state index in [1.807, 2.05) is 6.07 Å². The lowest BCUT2D eigenvalue weighted by Gasteiger charge is -2.12. The zero-order valence-corrected chi connectivity index (χ0v) is 14.8. The fourth-order valence-electron chi connectivity index (χ4n) is 1.88. The quantitative estimate of drug-likeness (QED) is 0.301. The Morgan fingerprint density at radius 1 is 1.28 bits per heavy atom. The summed E-state index contributed by atoms with van der Waals surface area (Å²) in [5.74, 6) is 0.357. The minimum Gasteiger partial charge on any atom is -0.493 e. The number of esters is 1. The van der Waals surface area contributed by atoms with E-state index in [2.05, 4.69) is 15.9 Å². The highest BCUT2D eigenvalue weighted by atomic mass is 79.9. The van der Waals surface area contributed by atoms with Crippen LogP contribution in [0.25, 0.3) is 6.08 Å². The van der Waals surface area contributed by atoms with E-state index in [1.165, 1.54) is 19.3 Å². The second kappa shape index (κ2) is 8.84. The Morgan fingerprint density at radius 3 is 2.64 bits per heavy atom. The van der Waals surface area contributed by atoms with Crippen LogP contribution in [0.4, 0.5) is 0 Å². The van der Waals surface area contributed by atoms with Gasteiger partial charge in [-0.25, -0.2) is 4.79 Å². The molecule has 8 heteroatoms. The summed E-state index contributed by atoms with van der Waals surface area (Å²) < 4.78 is 16.2. The monoisotopic (exact) mass is 407 g/mol. The Labute approximate surface area is 152 Å². The van der Waals surface area contributed by atoms with Crippen LogP contribution in [0, 0.1) is 10.1 Å². The molecule has 130 valence electrons. The first-order chi connectivity index (χ1) is 12.0. The summed E-state index contributed by atoms with van der Waals surface area (Å²) >= 11 is 3.27. The Balaban J connectivity index is 2.10. The van der Waals surface area contributed by atoms with Crippen LogP contribution in [-0.2, 0) is 4.79 Å². The molecular formula is C17H14BrNO6. The molecule has 0 bridgehead atoms. The summed E-state index contributed by atoms with van der Waals surface area (Å²) in [6.45, 7) is -0.275. The molecule has 0 atom stereocenters. The summed E-state index contributed by atoms with van der Waals surface area (Å²) in [5, 5.41) is 10.4. The van der Waals surface area contributed by atoms with Gasteiger partial charge in [0.05, 0.1) is 16.5 Å². The van der Waals surface area contributed by atoms with Gasteiger partial charge in [0, 0.05) is 6.08 Å². The molecule has 0 heterocycles. The Morgan fingerprint density at radius 2 is 2.00 bits per heavy atom. The Hall–Kier alpha value is -2.87. The molecule has 0 saturated carbocycles. The topological polar surface area (TPSA) is 87.9 Å². The number of benzene rings is 2. The fourth-order valence-corrected chi connectivity index (χ4v) is 2.42. The number of para-hydroxylation sites is 1. The summed E-state index contributed by atoms with van der Waals surface area (Å²) in [6, 6.07) is 12.0. The molecule has 7 nitrogen and oxygen atoms in total. The molecule has 0 unspecified atom stereocenters. The Bertz CT molecular complexity index is 791. The van der Waals surface area contributed by atoms with Crippen molar-refractivity contribution in [3.05, 3.63) is 68.8 Å². The fraction of sp³-hybridized carbons (Fsp3) is 0.118. The van der Waals surface area contributed by atoms with Crippen LogP contribution in [0.15, 0.2) is 53.1 Å². The van der Waals surface area contributed by atoms with E-state index in [-0.39, 0.29) is 18.1 Å². The number of nitrogens with zero attached hydrogens (tertiary/aromatic N) is 1. The second-order valence-electron chi connectivity index (χ2n) is 4.71. The van der Waals surface area contributed by atoms with Gasteiger partial charge >= 0.3 is 5.97 Å². The third kappa shape index (κ3) is 5.61. The van der Waals surface area contributed by atoms with Gasteiger partial charge in [0.15, 0.2) is 18.1 Å². The van der Waals surface area contributed by atoms with E-state index < -0.39 is 10.9 Å². The molecule has 0 aliphatic heterocycles. The van der Waals surface area contributed by atoms with Gasteiger partial charge in [-0.2, -0.15) is 0 Å². The lowest BCUT2D eigenvalue weighted by Crippen LogP contribution is -2.18. The SMILES string of the molecule is COc1cc(/C=C/[N+](=O)[O-])cc(Br)c1OC(=O)COc1ccccc1. The molecule has 25 heavy (non-hydrogen) atoms. The predicted octanol–water partition coefficient (Wildman–Crippen LogP) is 3.69. The average Bonchev–Trinajstić information content (AvgIpc) is 2.60. The van der Waals surface area contributed by atoms with Gasteiger partial charge in [0.25, 0.3) is 0 Å². The predicted molar refractivity (Wildman–Crippen MR) is 94.3 cm³/mol. The van der Waals surface area contributed by atoms with E-state index in [9.17, 15) is 14.9 Å². The van der Waals surface area contributed by atoms with Gasteiger partial charge in [-0.05, 0) is 45.8 Å². The van der Waals surface area contributed by atoms with Crippen molar-refractivity contribution in [1.82, 2.24) is 0 Å². The summed E-state index contributed by atoms with van der Waals surface area (Å²) in [7, 11) is 1.40. The molecule has 0 fully saturated rings. The van der Waals surface area contributed by atoms with Crippen molar-refractivity contribution < 1.29 is 23.9 Å². The molecule has 2 rings (SSSR count). The van der Waals surface area contributed by atoms with Gasteiger partial charge in [0.1, 0.15) is 5.75 Å². The third-order valence-electron chi connectivity index (χ3n) is 2.96. The molecular weight excluding hydrogens is 394 g/mol. The number of ether oxygens (including phenoxy) is 3. The Kier molecular flexibility index (Phi) is 6.53. The largest absolute Gasteiger partial charge is 0.493 e. The lowest BCUT2D eigenvalue weighted by molar-refractivity contribution is -0.400. The molecule has 0 radical (unpaired) electrons. The molecule has 0 N–H and O–H groups in total. The van der Waals surface area contributed by atoms with Gasteiger partial charge in [-0.1, -0.05) is 18.2 Å². The van der Waals surface area contributed by atoms with E-state index in [4.69, 9.17) is 14.2 Å². The van der Waals surface area contributed by atoms with Crippen LogP contribution in [0.1, 0.15) is 5.56 Å². The molecule has 0 aliphatic rings. The van der Waals surface area contributed by atoms with Crippen LogP contribution < -0.4 is 14.2 Å². The van der Waals surface area contributed by atoms with E-state index >= 15 is 0 Å². The van der Waals surface area contributed by atoms with Gasteiger partial charge in [-0.3, -0.25) is 10.1 Å². The van der Waals surface area contributed by atoms with Crippen molar-refractivity contribution in [2.24, 2.45) is 0 Å². The van der Waals surface area contributed by atoms with E-state index in [1.54, 1.807) is 30.3 Å². The zero-order chi connectivity index (χ0) is 18.2. The number of carbonyl (C=O) groups excluding carboxylic acids is 1. The van der Waals surface area contributed by atoms with Crippen molar-refractivity contribution >= 4 is 28.0 Å². The van der Waals surface area contributed by atoms with Gasteiger partial charge < -0.3 is 14.2 Å². The van der Waals surface area contributed by atoms with Crippen LogP contribution in [0.5, 0.6) is 17.2 Å². The molecule has 2 aromatic rings. The number of nitro groups is 1. The maximum Gasteiger partial charge on any atom is 0.349 e. The first kappa shape index (κ1) is 18.5. The number of rotatable bonds is 7. The number of carbonyl (C=O) groups is 1. The highest BCUT2D eigenvalue weighted by Crippen LogP contribution is 2.37. The standard InChI is InChI=1S/C17H14BrNO6/c1-23-15-10-12(7-8-19(21)22)9-14(18)17(15)25-16(20)11-24-13-5-3-2-4-6-13/h2-10H,11H2,1H3/b8-7+. The molecule has 0 aliphatic carbocycles. The summed E-state index contributed by atoms with van der Waals surface area (Å²) in [6.07, 6.45) is 2.11. The second-order valence-corrected chi connectivity index (χ2v) is 5.57. The van der Waals surface area contributed by atoms with Crippen LogP contribution >= 0.6 is 15.9 Å². The van der Waals surface area contributed by atoms with Gasteiger partial charge in [0.2, 0.25) is 6.20 Å². The minimum absolute atomic E-state index is 0.169. The lowest BCUT2D eigenvalue weighted by atomic mass is 10.2. The molecule has 0 amide bonds. The van der Waals surface area contributed by atoms with Crippen LogP contribution in [0.2, 0.25) is 0 Å². The smallest absolute Gasteiger partial charge is 0.349 e. The molecule has 0 saturated heterocycles. The number of hydrogen-bond donors (Lipinski definition) is 0. The molecule has 2 aromatic carbocycles. The van der Waals surface area contributed by atoms with Crippen molar-refractivity contribution in [2.75, 3.05) is 13.7 Å². The third-order valence-corrected chi connectivity index (χ3v) is 3.55. The zero-order valence-electron chi connectivity index (χ0n) is 13.2. The number of halogens is 1. The number of hydrogen-bond acceptors (Lipinski definition) is 6. The minimum atomic E-state index is -0.614. The van der Waals surface area contributed by atoms with Crippen molar-refractivity contribution in [2.45, 2.75) is 0 Å². The maximum absolute atomic E-state index is 12.0. The summed E-state index contributed by atoms with van der Waals surface area (Å²) in [5.41, 5.74) is 0.515. The normalized spacial score (nSPS) is 10.5. The van der Waals surface area contributed by atoms with E-state index in [0.29, 0.717) is 15.8 Å². The van der Waals surface area contributed by atoms with Crippen LogP contribution in [0.3, 0.4) is 0 Å². The highest BCUT2D eigenvalue weighted by molar-refractivity contribution is 9.10. The number of methoxy groups -OCH3 is 1. The maximum atomic E-state index is 12.0. The van der Waals surface area contributed by atoms with Gasteiger partial charge in [-0.15, -0.1) is 0 Å². The van der Waals surface area contributed by atoms with Crippen molar-refractivity contribution in [3.63, 3.8) is 0 Å². The van der Waals surface area contributed by atoms with E-state index in [0.717, 1.165) is 6.20 Å². The highest BCUT2D eigenvalue weighted by Gasteiger charge is 2.16. The van der Waals surface area contributed by atoms with Crippen molar-refractivity contribution in [1.29, 1.82) is 0 Å². The average molecular weight is 408 g/mol. The first-order valence-corrected chi connectivity index (χ1v) is 7.86. The summed E-state index contributed by atoms with van der Waals surface area (Å²) in [4.78, 5) is 21.8. The van der Waals surface area contributed by atoms with Crippen LogP contribution in [-0.4, -0.2) is 24.6 Å². The molecule has 0 aromatic heterocycles. The first-order valence-electron chi connectivity index (χ1n) is 7.07. The molecule has 0 spiro atoms. The van der Waals surface area contributed by atoms with Crippen molar-refractivity contribution in [3.8, 4) is 17.2 Å².